The molecule has 1 saturated heterocycles. The zero-order valence-corrected chi connectivity index (χ0v) is 16.4. The number of nitrogens with one attached hydrogen (secondary N) is 2. The highest BCUT2D eigenvalue weighted by atomic mass is 35.5. The first-order valence-electron chi connectivity index (χ1n) is 9.26. The Hall–Kier alpha value is -2.60. The van der Waals surface area contributed by atoms with E-state index in [1.807, 2.05) is 18.2 Å². The average molecular weight is 404 g/mol. The first-order chi connectivity index (χ1) is 13.5. The molecule has 5 nitrogen and oxygen atoms in total. The molecule has 28 heavy (non-hydrogen) atoms. The summed E-state index contributed by atoms with van der Waals surface area (Å²) in [6.07, 6.45) is 1.90. The number of amides is 3. The van der Waals surface area contributed by atoms with Crippen LogP contribution < -0.4 is 10.6 Å². The van der Waals surface area contributed by atoms with Crippen LogP contribution >= 0.6 is 11.6 Å². The number of nitrogens with zero attached hydrogens (tertiary/aromatic N) is 1. The van der Waals surface area contributed by atoms with Crippen LogP contribution in [0.2, 0.25) is 5.02 Å². The van der Waals surface area contributed by atoms with Gasteiger partial charge in [0.15, 0.2) is 0 Å². The van der Waals surface area contributed by atoms with Crippen molar-refractivity contribution in [3.8, 4) is 0 Å². The molecule has 0 saturated carbocycles. The van der Waals surface area contributed by atoms with Crippen LogP contribution in [0.4, 0.5) is 9.18 Å². The monoisotopic (exact) mass is 403 g/mol. The van der Waals surface area contributed by atoms with Crippen LogP contribution in [0, 0.1) is 5.82 Å². The van der Waals surface area contributed by atoms with Gasteiger partial charge in [-0.3, -0.25) is 4.79 Å². The van der Waals surface area contributed by atoms with Crippen LogP contribution in [-0.2, 0) is 6.54 Å². The molecule has 1 heterocycles. The molecule has 1 fully saturated rings. The summed E-state index contributed by atoms with van der Waals surface area (Å²) in [6.45, 7) is 1.60. The molecule has 1 aliphatic heterocycles. The number of piperidine rings is 1. The Morgan fingerprint density at radius 1 is 1.25 bits per heavy atom. The van der Waals surface area contributed by atoms with E-state index in [0.717, 1.165) is 24.9 Å². The number of carbonyl (C=O) groups is 2. The van der Waals surface area contributed by atoms with Crippen LogP contribution in [0.3, 0.4) is 0 Å². The summed E-state index contributed by atoms with van der Waals surface area (Å²) >= 11 is 6.01. The molecule has 1 atom stereocenters. The average Bonchev–Trinajstić information content (AvgIpc) is 2.72. The summed E-state index contributed by atoms with van der Waals surface area (Å²) in [5.74, 6) is -0.433. The van der Waals surface area contributed by atoms with E-state index in [-0.39, 0.29) is 29.4 Å². The Labute approximate surface area is 168 Å². The number of hydrogen-bond donors (Lipinski definition) is 2. The van der Waals surface area contributed by atoms with Gasteiger partial charge in [0.1, 0.15) is 5.82 Å². The summed E-state index contributed by atoms with van der Waals surface area (Å²) in [4.78, 5) is 26.3. The number of halogens is 2. The number of benzene rings is 2. The highest BCUT2D eigenvalue weighted by molar-refractivity contribution is 6.31. The van der Waals surface area contributed by atoms with Gasteiger partial charge in [0, 0.05) is 43.2 Å². The number of carbonyl (C=O) groups excluding carboxylic acids is 2. The summed E-state index contributed by atoms with van der Waals surface area (Å²) in [6, 6.07) is 11.5. The molecule has 7 heteroatoms. The van der Waals surface area contributed by atoms with Gasteiger partial charge in [-0.1, -0.05) is 29.8 Å². The Balaban J connectivity index is 1.66. The topological polar surface area (TPSA) is 61.4 Å². The van der Waals surface area contributed by atoms with E-state index in [9.17, 15) is 14.0 Å². The summed E-state index contributed by atoms with van der Waals surface area (Å²) in [7, 11) is 1.63. The molecule has 3 amide bonds. The van der Waals surface area contributed by atoms with E-state index < -0.39 is 5.82 Å². The first-order valence-corrected chi connectivity index (χ1v) is 9.64. The van der Waals surface area contributed by atoms with Gasteiger partial charge in [-0.2, -0.15) is 0 Å². The van der Waals surface area contributed by atoms with Gasteiger partial charge in [0.05, 0.1) is 0 Å². The standard InChI is InChI=1S/C21H23ClFN3O2/c1-24-21(28)26-9-3-6-17(13-26)14-4-2-5-15(10-14)20(27)25-12-16-7-8-18(23)11-19(16)22/h2,4-5,7-8,10-11,17H,3,6,9,12-13H2,1H3,(H,24,28)(H,25,27)/t17-/m0/s1. The van der Waals surface area contributed by atoms with Crippen molar-refractivity contribution in [2.75, 3.05) is 20.1 Å². The minimum Gasteiger partial charge on any atom is -0.348 e. The van der Waals surface area contributed by atoms with E-state index in [2.05, 4.69) is 10.6 Å². The molecule has 0 radical (unpaired) electrons. The fraction of sp³-hybridized carbons (Fsp3) is 0.333. The Morgan fingerprint density at radius 2 is 2.07 bits per heavy atom. The van der Waals surface area contributed by atoms with Crippen molar-refractivity contribution in [2.24, 2.45) is 0 Å². The lowest BCUT2D eigenvalue weighted by Crippen LogP contribution is -2.43. The molecule has 148 valence electrons. The maximum Gasteiger partial charge on any atom is 0.317 e. The fourth-order valence-electron chi connectivity index (χ4n) is 3.47. The predicted octanol–water partition coefficient (Wildman–Crippen LogP) is 3.93. The zero-order valence-electron chi connectivity index (χ0n) is 15.7. The normalized spacial score (nSPS) is 16.5. The van der Waals surface area contributed by atoms with Crippen molar-refractivity contribution in [2.45, 2.75) is 25.3 Å². The summed E-state index contributed by atoms with van der Waals surface area (Å²) < 4.78 is 13.1. The van der Waals surface area contributed by atoms with Crippen LogP contribution in [0.15, 0.2) is 42.5 Å². The molecule has 1 aliphatic rings. The third-order valence-corrected chi connectivity index (χ3v) is 5.35. The van der Waals surface area contributed by atoms with E-state index in [1.165, 1.54) is 12.1 Å². The molecular weight excluding hydrogens is 381 g/mol. The van der Waals surface area contributed by atoms with Gasteiger partial charge in [-0.25, -0.2) is 9.18 Å². The van der Waals surface area contributed by atoms with E-state index >= 15 is 0 Å². The summed E-state index contributed by atoms with van der Waals surface area (Å²) in [5, 5.41) is 5.77. The largest absolute Gasteiger partial charge is 0.348 e. The van der Waals surface area contributed by atoms with Gasteiger partial charge in [0.2, 0.25) is 0 Å². The van der Waals surface area contributed by atoms with E-state index in [0.29, 0.717) is 17.7 Å². The number of rotatable bonds is 4. The molecule has 0 aromatic heterocycles. The molecule has 2 aromatic rings. The molecule has 2 aromatic carbocycles. The Morgan fingerprint density at radius 3 is 2.82 bits per heavy atom. The molecule has 0 bridgehead atoms. The lowest BCUT2D eigenvalue weighted by molar-refractivity contribution is 0.0950. The predicted molar refractivity (Wildman–Crippen MR) is 107 cm³/mol. The third-order valence-electron chi connectivity index (χ3n) is 5.00. The number of urea groups is 1. The molecule has 0 unspecified atom stereocenters. The second-order valence-corrected chi connectivity index (χ2v) is 7.29. The minimum atomic E-state index is -0.411. The highest BCUT2D eigenvalue weighted by Gasteiger charge is 2.24. The van der Waals surface area contributed by atoms with E-state index in [1.54, 1.807) is 24.1 Å². The minimum absolute atomic E-state index is 0.0743. The maximum absolute atomic E-state index is 13.1. The van der Waals surface area contributed by atoms with Crippen molar-refractivity contribution in [1.82, 2.24) is 15.5 Å². The highest BCUT2D eigenvalue weighted by Crippen LogP contribution is 2.27. The van der Waals surface area contributed by atoms with Crippen LogP contribution in [0.25, 0.3) is 0 Å². The second-order valence-electron chi connectivity index (χ2n) is 6.88. The van der Waals surface area contributed by atoms with Gasteiger partial charge in [0.25, 0.3) is 5.91 Å². The molecule has 2 N–H and O–H groups in total. The quantitative estimate of drug-likeness (QED) is 0.812. The maximum atomic E-state index is 13.1. The van der Waals surface area contributed by atoms with Crippen molar-refractivity contribution in [3.05, 3.63) is 70.0 Å². The molecule has 0 spiro atoms. The SMILES string of the molecule is CNC(=O)N1CCC[C@H](c2cccc(C(=O)NCc3ccc(F)cc3Cl)c2)C1. The Bertz CT molecular complexity index is 874. The number of likely N-dealkylation sites (tertiary alicyclic amines) is 1. The lowest BCUT2D eigenvalue weighted by Gasteiger charge is -2.32. The van der Waals surface area contributed by atoms with Crippen LogP contribution in [-0.4, -0.2) is 37.0 Å². The van der Waals surface area contributed by atoms with Crippen molar-refractivity contribution >= 4 is 23.5 Å². The van der Waals surface area contributed by atoms with Crippen molar-refractivity contribution in [1.29, 1.82) is 0 Å². The van der Waals surface area contributed by atoms with Gasteiger partial charge in [-0.05, 0) is 48.2 Å². The second kappa shape index (κ2) is 9.06. The van der Waals surface area contributed by atoms with Crippen molar-refractivity contribution < 1.29 is 14.0 Å². The van der Waals surface area contributed by atoms with Crippen molar-refractivity contribution in [3.63, 3.8) is 0 Å². The molecule has 0 aliphatic carbocycles. The zero-order chi connectivity index (χ0) is 20.1. The van der Waals surface area contributed by atoms with Crippen LogP contribution in [0.5, 0.6) is 0 Å². The van der Waals surface area contributed by atoms with Crippen LogP contribution in [0.1, 0.15) is 40.2 Å². The lowest BCUT2D eigenvalue weighted by atomic mass is 9.89. The van der Waals surface area contributed by atoms with Gasteiger partial charge >= 0.3 is 6.03 Å². The smallest absolute Gasteiger partial charge is 0.317 e. The van der Waals surface area contributed by atoms with Gasteiger partial charge in [-0.15, -0.1) is 0 Å². The third kappa shape index (κ3) is 4.81. The van der Waals surface area contributed by atoms with E-state index in [4.69, 9.17) is 11.6 Å². The first kappa shape index (κ1) is 20.1. The number of hydrogen-bond acceptors (Lipinski definition) is 2. The fourth-order valence-corrected chi connectivity index (χ4v) is 3.70. The van der Waals surface area contributed by atoms with Gasteiger partial charge < -0.3 is 15.5 Å². The molecule has 3 rings (SSSR count). The summed E-state index contributed by atoms with van der Waals surface area (Å²) in [5.41, 5.74) is 2.25. The Kier molecular flexibility index (Phi) is 6.52. The molecular formula is C21H23ClFN3O2.